The molecule has 0 radical (unpaired) electrons. The van der Waals surface area contributed by atoms with Gasteiger partial charge in [-0.3, -0.25) is 14.4 Å². The fraction of sp³-hybridized carbons (Fsp3) is 0.857. The normalized spacial score (nSPS) is 12.2. The molecule has 0 aromatic rings. The Kier molecular flexibility index (Phi) is 56.2. The van der Waals surface area contributed by atoms with Crippen molar-refractivity contribution >= 4 is 17.9 Å². The Balaban J connectivity index is 3.86. The molecule has 0 heterocycles. The molecular formula is C63H116O6. The number of unbranched alkanes of at least 4 members (excludes halogenated alkanes) is 39. The van der Waals surface area contributed by atoms with Gasteiger partial charge in [0, 0.05) is 19.3 Å². The van der Waals surface area contributed by atoms with E-state index in [2.05, 4.69) is 57.2 Å². The lowest BCUT2D eigenvalue weighted by Crippen LogP contribution is -2.30. The number of carbonyl (C=O) groups excluding carboxylic acids is 3. The molecule has 0 aromatic heterocycles. The first-order chi connectivity index (χ1) is 34.0. The molecule has 0 rings (SSSR count). The van der Waals surface area contributed by atoms with E-state index in [0.29, 0.717) is 19.3 Å². The minimum atomic E-state index is -0.769. The van der Waals surface area contributed by atoms with E-state index in [1.165, 1.54) is 212 Å². The molecule has 0 spiro atoms. The Morgan fingerprint density at radius 3 is 0.826 bits per heavy atom. The van der Waals surface area contributed by atoms with Crippen molar-refractivity contribution in [2.45, 2.75) is 335 Å². The van der Waals surface area contributed by atoms with Gasteiger partial charge in [-0.1, -0.05) is 269 Å². The zero-order valence-electron chi connectivity index (χ0n) is 46.3. The van der Waals surface area contributed by atoms with Crippen molar-refractivity contribution in [2.75, 3.05) is 13.2 Å². The average molecular weight is 970 g/mol. The summed E-state index contributed by atoms with van der Waals surface area (Å²) in [7, 11) is 0. The minimum absolute atomic E-state index is 0.0717. The van der Waals surface area contributed by atoms with Crippen LogP contribution in [0.25, 0.3) is 0 Å². The Morgan fingerprint density at radius 2 is 0.522 bits per heavy atom. The second-order valence-corrected chi connectivity index (χ2v) is 20.6. The first-order valence-electron chi connectivity index (χ1n) is 30.5. The molecular weight excluding hydrogens is 853 g/mol. The summed E-state index contributed by atoms with van der Waals surface area (Å²) in [6.45, 7) is 6.55. The van der Waals surface area contributed by atoms with E-state index in [9.17, 15) is 14.4 Å². The van der Waals surface area contributed by atoms with Crippen molar-refractivity contribution < 1.29 is 28.6 Å². The molecule has 0 saturated heterocycles. The highest BCUT2D eigenvalue weighted by Crippen LogP contribution is 2.17. The number of hydrogen-bond donors (Lipinski definition) is 0. The molecule has 0 fully saturated rings. The predicted octanol–water partition coefficient (Wildman–Crippen LogP) is 20.4. The van der Waals surface area contributed by atoms with Crippen LogP contribution >= 0.6 is 0 Å². The number of ether oxygens (including phenoxy) is 3. The molecule has 1 unspecified atom stereocenters. The zero-order chi connectivity index (χ0) is 50.0. The van der Waals surface area contributed by atoms with Crippen molar-refractivity contribution in [1.29, 1.82) is 0 Å². The maximum Gasteiger partial charge on any atom is 0.306 e. The van der Waals surface area contributed by atoms with E-state index in [1.807, 2.05) is 0 Å². The van der Waals surface area contributed by atoms with Crippen LogP contribution in [-0.4, -0.2) is 37.2 Å². The van der Waals surface area contributed by atoms with Crippen molar-refractivity contribution in [1.82, 2.24) is 0 Å². The van der Waals surface area contributed by atoms with Crippen LogP contribution in [0, 0.1) is 0 Å². The van der Waals surface area contributed by atoms with Crippen LogP contribution in [0.3, 0.4) is 0 Å². The molecule has 0 bridgehead atoms. The second kappa shape index (κ2) is 58.2. The summed E-state index contributed by atoms with van der Waals surface area (Å²) in [5.74, 6) is -0.880. The lowest BCUT2D eigenvalue weighted by atomic mass is 10.0. The summed E-state index contributed by atoms with van der Waals surface area (Å²) in [5.41, 5.74) is 0. The van der Waals surface area contributed by atoms with Crippen molar-refractivity contribution in [3.63, 3.8) is 0 Å². The van der Waals surface area contributed by atoms with Gasteiger partial charge in [0.05, 0.1) is 0 Å². The van der Waals surface area contributed by atoms with Gasteiger partial charge in [0.25, 0.3) is 0 Å². The number of esters is 3. The number of rotatable bonds is 56. The van der Waals surface area contributed by atoms with Gasteiger partial charge < -0.3 is 14.2 Å². The molecule has 6 nitrogen and oxygen atoms in total. The van der Waals surface area contributed by atoms with Crippen LogP contribution in [0.15, 0.2) is 36.5 Å². The molecule has 0 aliphatic carbocycles. The smallest absolute Gasteiger partial charge is 0.306 e. The Morgan fingerprint density at radius 1 is 0.290 bits per heavy atom. The van der Waals surface area contributed by atoms with Crippen LogP contribution in [0.4, 0.5) is 0 Å². The van der Waals surface area contributed by atoms with Gasteiger partial charge in [-0.2, -0.15) is 0 Å². The van der Waals surface area contributed by atoms with Gasteiger partial charge in [-0.05, 0) is 77.0 Å². The lowest BCUT2D eigenvalue weighted by molar-refractivity contribution is -0.167. The van der Waals surface area contributed by atoms with Gasteiger partial charge in [0.2, 0.25) is 0 Å². The number of hydrogen-bond acceptors (Lipinski definition) is 6. The third kappa shape index (κ3) is 56.4. The second-order valence-electron chi connectivity index (χ2n) is 20.6. The number of carbonyl (C=O) groups is 3. The van der Waals surface area contributed by atoms with E-state index in [1.54, 1.807) is 0 Å². The lowest BCUT2D eigenvalue weighted by Gasteiger charge is -2.18. The molecule has 69 heavy (non-hydrogen) atoms. The summed E-state index contributed by atoms with van der Waals surface area (Å²) in [5, 5.41) is 0. The molecule has 0 aromatic carbocycles. The average Bonchev–Trinajstić information content (AvgIpc) is 3.35. The summed E-state index contributed by atoms with van der Waals surface area (Å²) in [4.78, 5) is 37.7. The summed E-state index contributed by atoms with van der Waals surface area (Å²) >= 11 is 0. The third-order valence-electron chi connectivity index (χ3n) is 13.6. The molecule has 1 atom stereocenters. The van der Waals surface area contributed by atoms with Crippen molar-refractivity contribution in [2.24, 2.45) is 0 Å². The highest BCUT2D eigenvalue weighted by atomic mass is 16.6. The van der Waals surface area contributed by atoms with Crippen molar-refractivity contribution in [3.05, 3.63) is 36.5 Å². The quantitative estimate of drug-likeness (QED) is 0.0261. The Bertz CT molecular complexity index is 1160. The first kappa shape index (κ1) is 66.6. The Hall–Kier alpha value is -2.37. The molecule has 0 aliphatic rings. The molecule has 6 heteroatoms. The van der Waals surface area contributed by atoms with E-state index >= 15 is 0 Å². The maximum absolute atomic E-state index is 12.7. The van der Waals surface area contributed by atoms with Gasteiger partial charge >= 0.3 is 17.9 Å². The van der Waals surface area contributed by atoms with Gasteiger partial charge in [-0.25, -0.2) is 0 Å². The Labute approximate surface area is 429 Å². The SMILES string of the molecule is CCCCCC/C=C\CCCCCCCC(=O)OC(COC(=O)CCCCCCC)COC(=O)CCCCCCCCCCCCCCCCCCCCCCC/C=C\C/C=C\CCCCCCC. The molecule has 404 valence electrons. The van der Waals surface area contributed by atoms with E-state index in [4.69, 9.17) is 14.2 Å². The molecule has 0 N–H and O–H groups in total. The van der Waals surface area contributed by atoms with Crippen LogP contribution < -0.4 is 0 Å². The third-order valence-corrected chi connectivity index (χ3v) is 13.6. The fourth-order valence-electron chi connectivity index (χ4n) is 9.00. The maximum atomic E-state index is 12.7. The van der Waals surface area contributed by atoms with E-state index in [-0.39, 0.29) is 31.1 Å². The standard InChI is InChI=1S/C63H116O6/c1-4-7-10-13-15-17-19-21-22-23-24-25-26-27-28-29-30-31-32-33-34-35-36-37-38-39-40-42-43-45-47-50-53-56-62(65)68-59-60(58-67-61(64)55-52-49-12-9-6-3)69-63(66)57-54-51-48-46-44-41-20-18-16-14-11-8-5-2/h18-21,23-24,60H,4-17,22,25-59H2,1-3H3/b20-18-,21-19-,24-23-. The summed E-state index contributed by atoms with van der Waals surface area (Å²) in [6.07, 6.45) is 70.7. The first-order valence-corrected chi connectivity index (χ1v) is 30.5. The highest BCUT2D eigenvalue weighted by Gasteiger charge is 2.19. The zero-order valence-corrected chi connectivity index (χ0v) is 46.3. The fourth-order valence-corrected chi connectivity index (χ4v) is 9.00. The van der Waals surface area contributed by atoms with Crippen LogP contribution in [-0.2, 0) is 28.6 Å². The highest BCUT2D eigenvalue weighted by molar-refractivity contribution is 5.71. The van der Waals surface area contributed by atoms with Crippen LogP contribution in [0.2, 0.25) is 0 Å². The monoisotopic (exact) mass is 969 g/mol. The molecule has 0 saturated carbocycles. The largest absolute Gasteiger partial charge is 0.462 e. The molecule has 0 aliphatic heterocycles. The van der Waals surface area contributed by atoms with E-state index in [0.717, 1.165) is 77.0 Å². The minimum Gasteiger partial charge on any atom is -0.462 e. The van der Waals surface area contributed by atoms with Gasteiger partial charge in [-0.15, -0.1) is 0 Å². The van der Waals surface area contributed by atoms with Crippen LogP contribution in [0.1, 0.15) is 329 Å². The summed E-state index contributed by atoms with van der Waals surface area (Å²) in [6, 6.07) is 0. The molecule has 0 amide bonds. The topological polar surface area (TPSA) is 78.9 Å². The van der Waals surface area contributed by atoms with Gasteiger partial charge in [0.1, 0.15) is 13.2 Å². The van der Waals surface area contributed by atoms with Crippen LogP contribution in [0.5, 0.6) is 0 Å². The predicted molar refractivity (Wildman–Crippen MR) is 298 cm³/mol. The van der Waals surface area contributed by atoms with E-state index < -0.39 is 6.10 Å². The van der Waals surface area contributed by atoms with Crippen molar-refractivity contribution in [3.8, 4) is 0 Å². The summed E-state index contributed by atoms with van der Waals surface area (Å²) < 4.78 is 16.7. The van der Waals surface area contributed by atoms with Gasteiger partial charge in [0.15, 0.2) is 6.10 Å². The number of allylic oxidation sites excluding steroid dienone is 6.